The molecule has 2 saturated heterocycles. The Morgan fingerprint density at radius 2 is 2.30 bits per heavy atom. The van der Waals surface area contributed by atoms with Crippen LogP contribution in [0.4, 0.5) is 4.48 Å². The van der Waals surface area contributed by atoms with Crippen LogP contribution in [0, 0.1) is 5.92 Å². The molecule has 0 bridgehead atoms. The van der Waals surface area contributed by atoms with Crippen molar-refractivity contribution in [1.82, 2.24) is 10.4 Å². The second-order valence-electron chi connectivity index (χ2n) is 3.41. The normalized spacial score (nSPS) is 48.0. The lowest BCUT2D eigenvalue weighted by Crippen LogP contribution is -2.31. The van der Waals surface area contributed by atoms with Gasteiger partial charge >= 0.3 is 0 Å². The van der Waals surface area contributed by atoms with E-state index in [1.807, 2.05) is 6.92 Å². The van der Waals surface area contributed by atoms with E-state index < -0.39 is 0 Å². The van der Waals surface area contributed by atoms with Crippen LogP contribution < -0.4 is 5.32 Å². The third kappa shape index (κ3) is 0.772. The van der Waals surface area contributed by atoms with E-state index in [0.717, 1.165) is 24.6 Å². The maximum atomic E-state index is 13.1. The van der Waals surface area contributed by atoms with E-state index in [2.05, 4.69) is 5.32 Å². The number of nitrogens with zero attached hydrogens (tertiary/aromatic N) is 1. The topological polar surface area (TPSA) is 15.3 Å². The van der Waals surface area contributed by atoms with Gasteiger partial charge in [-0.2, -0.15) is 0 Å². The monoisotopic (exact) mass is 144 g/mol. The van der Waals surface area contributed by atoms with Crippen molar-refractivity contribution in [1.29, 1.82) is 0 Å². The third-order valence-corrected chi connectivity index (χ3v) is 2.69. The molecule has 2 heterocycles. The van der Waals surface area contributed by atoms with Gasteiger partial charge in [0.15, 0.2) is 0 Å². The van der Waals surface area contributed by atoms with Crippen LogP contribution in [0.1, 0.15) is 13.3 Å². The highest BCUT2D eigenvalue weighted by Gasteiger charge is 2.42. The van der Waals surface area contributed by atoms with E-state index in [-0.39, 0.29) is 12.1 Å². The zero-order valence-electron chi connectivity index (χ0n) is 6.18. The molecule has 0 aromatic carbocycles. The Bertz CT molecular complexity index is 138. The molecule has 10 heavy (non-hydrogen) atoms. The average molecular weight is 144 g/mol. The molecule has 0 spiro atoms. The van der Waals surface area contributed by atoms with Crippen molar-refractivity contribution >= 4 is 0 Å². The highest BCUT2D eigenvalue weighted by atomic mass is 19.2. The van der Waals surface area contributed by atoms with Gasteiger partial charge < -0.3 is 5.32 Å². The molecule has 0 aromatic rings. The summed E-state index contributed by atoms with van der Waals surface area (Å²) in [6, 6.07) is 0.326. The number of nitrogens with one attached hydrogen (secondary N) is 1. The van der Waals surface area contributed by atoms with Gasteiger partial charge in [-0.3, -0.25) is 0 Å². The molecule has 58 valence electrons. The molecule has 2 nitrogen and oxygen atoms in total. The molecule has 3 atom stereocenters. The van der Waals surface area contributed by atoms with E-state index in [1.54, 1.807) is 0 Å². The van der Waals surface area contributed by atoms with Crippen molar-refractivity contribution in [3.63, 3.8) is 0 Å². The minimum Gasteiger partial charge on any atom is -0.315 e. The summed E-state index contributed by atoms with van der Waals surface area (Å²) in [5.74, 6) is 0.569. The van der Waals surface area contributed by atoms with Crippen LogP contribution in [0.3, 0.4) is 0 Å². The Morgan fingerprint density at radius 1 is 1.50 bits per heavy atom. The van der Waals surface area contributed by atoms with Crippen molar-refractivity contribution in [2.24, 2.45) is 5.92 Å². The van der Waals surface area contributed by atoms with Crippen LogP contribution in [0.25, 0.3) is 0 Å². The van der Waals surface area contributed by atoms with Gasteiger partial charge in [0.1, 0.15) is 0 Å². The molecule has 2 aliphatic heterocycles. The summed E-state index contributed by atoms with van der Waals surface area (Å²) in [6.45, 7) is 3.80. The number of rotatable bonds is 0. The van der Waals surface area contributed by atoms with Gasteiger partial charge in [0, 0.05) is 12.6 Å². The summed E-state index contributed by atoms with van der Waals surface area (Å²) in [6.07, 6.45) is 1.02. The van der Waals surface area contributed by atoms with Crippen molar-refractivity contribution in [2.75, 3.05) is 13.1 Å². The Morgan fingerprint density at radius 3 is 3.00 bits per heavy atom. The van der Waals surface area contributed by atoms with E-state index in [4.69, 9.17) is 0 Å². The minimum absolute atomic E-state index is 0.150. The summed E-state index contributed by atoms with van der Waals surface area (Å²) >= 11 is 0. The first-order chi connectivity index (χ1) is 4.79. The standard InChI is InChI=1S/C7H13FN2/c1-5-2-6-3-9-4-7(6)10(5)8/h5-7,9H,2-4H2,1H3. The van der Waals surface area contributed by atoms with Crippen LogP contribution >= 0.6 is 0 Å². The van der Waals surface area contributed by atoms with Gasteiger partial charge in [-0.25, -0.2) is 0 Å². The predicted octanol–water partition coefficient (Wildman–Crippen LogP) is 0.553. The molecule has 0 radical (unpaired) electrons. The molecule has 2 fully saturated rings. The van der Waals surface area contributed by atoms with Crippen LogP contribution in [0.5, 0.6) is 0 Å². The van der Waals surface area contributed by atoms with Gasteiger partial charge in [-0.05, 0) is 25.8 Å². The second kappa shape index (κ2) is 2.17. The van der Waals surface area contributed by atoms with E-state index in [1.165, 1.54) is 0 Å². The summed E-state index contributed by atoms with van der Waals surface area (Å²) in [7, 11) is 0. The quantitative estimate of drug-likeness (QED) is 0.499. The van der Waals surface area contributed by atoms with Gasteiger partial charge in [0.25, 0.3) is 0 Å². The smallest absolute Gasteiger partial charge is 0.0570 e. The fourth-order valence-corrected chi connectivity index (χ4v) is 2.11. The third-order valence-electron chi connectivity index (χ3n) is 2.69. The van der Waals surface area contributed by atoms with Crippen molar-refractivity contribution in [3.8, 4) is 0 Å². The highest BCUT2D eigenvalue weighted by molar-refractivity contribution is 4.94. The first-order valence-electron chi connectivity index (χ1n) is 3.94. The summed E-state index contributed by atoms with van der Waals surface area (Å²) in [4.78, 5) is 0. The van der Waals surface area contributed by atoms with E-state index >= 15 is 0 Å². The second-order valence-corrected chi connectivity index (χ2v) is 3.41. The zero-order chi connectivity index (χ0) is 7.14. The Balaban J connectivity index is 2.09. The molecule has 2 rings (SSSR count). The SMILES string of the molecule is CC1CC2CNCC2N1F. The van der Waals surface area contributed by atoms with E-state index in [9.17, 15) is 4.48 Å². The number of halogens is 1. The predicted molar refractivity (Wildman–Crippen MR) is 37.2 cm³/mol. The Hall–Kier alpha value is -0.150. The number of hydrogen-bond donors (Lipinski definition) is 1. The zero-order valence-corrected chi connectivity index (χ0v) is 6.18. The van der Waals surface area contributed by atoms with Gasteiger partial charge in [0.05, 0.1) is 6.04 Å². The van der Waals surface area contributed by atoms with Crippen molar-refractivity contribution < 1.29 is 4.48 Å². The maximum Gasteiger partial charge on any atom is 0.0570 e. The van der Waals surface area contributed by atoms with Crippen LogP contribution in [-0.2, 0) is 0 Å². The van der Waals surface area contributed by atoms with Gasteiger partial charge in [-0.15, -0.1) is 9.60 Å². The molecule has 0 amide bonds. The fourth-order valence-electron chi connectivity index (χ4n) is 2.11. The Labute approximate surface area is 60.3 Å². The molecule has 1 N–H and O–H groups in total. The highest BCUT2D eigenvalue weighted by Crippen LogP contribution is 2.31. The summed E-state index contributed by atoms with van der Waals surface area (Å²) in [5.41, 5.74) is 0. The molecule has 0 saturated carbocycles. The summed E-state index contributed by atoms with van der Waals surface area (Å²) in [5, 5.41) is 4.21. The Kier molecular flexibility index (Phi) is 1.42. The lowest BCUT2D eigenvalue weighted by atomic mass is 10.0. The minimum atomic E-state index is 0.150. The molecule has 3 unspecified atom stereocenters. The molecule has 2 aliphatic rings. The lowest BCUT2D eigenvalue weighted by Gasteiger charge is -2.15. The van der Waals surface area contributed by atoms with Crippen molar-refractivity contribution in [2.45, 2.75) is 25.4 Å². The fraction of sp³-hybridized carbons (Fsp3) is 1.00. The van der Waals surface area contributed by atoms with Crippen LogP contribution in [-0.4, -0.2) is 30.3 Å². The van der Waals surface area contributed by atoms with Crippen molar-refractivity contribution in [3.05, 3.63) is 0 Å². The maximum absolute atomic E-state index is 13.1. The molecule has 0 aliphatic carbocycles. The van der Waals surface area contributed by atoms with E-state index in [0.29, 0.717) is 5.92 Å². The largest absolute Gasteiger partial charge is 0.315 e. The van der Waals surface area contributed by atoms with Crippen LogP contribution in [0.2, 0.25) is 0 Å². The lowest BCUT2D eigenvalue weighted by molar-refractivity contribution is -0.0211. The summed E-state index contributed by atoms with van der Waals surface area (Å²) < 4.78 is 13.1. The average Bonchev–Trinajstić information content (AvgIpc) is 2.41. The molecule has 0 aromatic heterocycles. The van der Waals surface area contributed by atoms with Gasteiger partial charge in [-0.1, -0.05) is 0 Å². The molecule has 3 heteroatoms. The first-order valence-corrected chi connectivity index (χ1v) is 3.94. The van der Waals surface area contributed by atoms with Gasteiger partial charge in [0.2, 0.25) is 0 Å². The molecular weight excluding hydrogens is 131 g/mol. The number of fused-ring (bicyclic) bond motifs is 1. The molecular formula is C7H13FN2. The number of hydrogen-bond acceptors (Lipinski definition) is 2. The van der Waals surface area contributed by atoms with Crippen LogP contribution in [0.15, 0.2) is 0 Å². The first kappa shape index (κ1) is 6.55.